The maximum Gasteiger partial charge on any atom is 0.407 e. The van der Waals surface area contributed by atoms with E-state index in [9.17, 15) is 19.5 Å². The molecule has 0 aromatic heterocycles. The molecule has 1 aliphatic rings. The fourth-order valence-corrected chi connectivity index (χ4v) is 2.48. The van der Waals surface area contributed by atoms with E-state index in [1.165, 1.54) is 0 Å². The van der Waals surface area contributed by atoms with Crippen LogP contribution < -0.4 is 5.32 Å². The van der Waals surface area contributed by atoms with Gasteiger partial charge < -0.3 is 25.2 Å². The molecule has 8 nitrogen and oxygen atoms in total. The Morgan fingerprint density at radius 2 is 1.91 bits per heavy atom. The van der Waals surface area contributed by atoms with Crippen molar-refractivity contribution in [1.29, 1.82) is 0 Å². The number of nitrogens with zero attached hydrogens (tertiary/aromatic N) is 1. The van der Waals surface area contributed by atoms with Crippen LogP contribution in [0.1, 0.15) is 12.0 Å². The molecule has 1 aromatic carbocycles. The Bertz CT molecular complexity index is 577. The van der Waals surface area contributed by atoms with Crippen molar-refractivity contribution in [2.75, 3.05) is 13.1 Å². The molecular weight excluding hydrogens is 304 g/mol. The molecule has 0 spiro atoms. The smallest absolute Gasteiger partial charge is 0.407 e. The van der Waals surface area contributed by atoms with Crippen molar-refractivity contribution in [1.82, 2.24) is 10.2 Å². The predicted molar refractivity (Wildman–Crippen MR) is 78.9 cm³/mol. The fraction of sp³-hybridized carbons (Fsp3) is 0.400. The van der Waals surface area contributed by atoms with Crippen LogP contribution in [-0.2, 0) is 16.1 Å². The lowest BCUT2D eigenvalue weighted by molar-refractivity contribution is -0.144. The second-order valence-corrected chi connectivity index (χ2v) is 5.27. The molecule has 124 valence electrons. The van der Waals surface area contributed by atoms with E-state index in [0.29, 0.717) is 0 Å². The number of nitrogens with one attached hydrogen (secondary N) is 1. The molecular formula is C15H18N2O6. The molecule has 0 bridgehead atoms. The number of likely N-dealkylation sites (tertiary alicyclic amines) is 1. The molecule has 0 saturated carbocycles. The Hall–Kier alpha value is -2.77. The van der Waals surface area contributed by atoms with E-state index in [4.69, 9.17) is 9.84 Å². The molecule has 2 amide bonds. The molecule has 23 heavy (non-hydrogen) atoms. The van der Waals surface area contributed by atoms with E-state index in [-0.39, 0.29) is 26.1 Å². The van der Waals surface area contributed by atoms with Gasteiger partial charge >= 0.3 is 18.2 Å². The first-order chi connectivity index (χ1) is 11.0. The van der Waals surface area contributed by atoms with Crippen molar-refractivity contribution in [3.05, 3.63) is 35.9 Å². The van der Waals surface area contributed by atoms with Gasteiger partial charge in [-0.1, -0.05) is 30.3 Å². The number of ether oxygens (including phenoxy) is 1. The summed E-state index contributed by atoms with van der Waals surface area (Å²) < 4.78 is 5.05. The molecule has 1 heterocycles. The predicted octanol–water partition coefficient (Wildman–Crippen LogP) is 1.37. The van der Waals surface area contributed by atoms with Gasteiger partial charge in [0.2, 0.25) is 0 Å². The van der Waals surface area contributed by atoms with Gasteiger partial charge in [-0.3, -0.25) is 4.79 Å². The highest BCUT2D eigenvalue weighted by atomic mass is 16.5. The molecule has 2 rings (SSSR count). The zero-order chi connectivity index (χ0) is 16.8. The van der Waals surface area contributed by atoms with Gasteiger partial charge in [0.25, 0.3) is 0 Å². The van der Waals surface area contributed by atoms with Gasteiger partial charge in [-0.05, 0) is 12.0 Å². The van der Waals surface area contributed by atoms with E-state index in [0.717, 1.165) is 10.5 Å². The minimum Gasteiger partial charge on any atom is -0.481 e. The number of amides is 2. The van der Waals surface area contributed by atoms with Crippen LogP contribution in [0.25, 0.3) is 0 Å². The number of rotatable bonds is 4. The largest absolute Gasteiger partial charge is 0.481 e. The van der Waals surface area contributed by atoms with E-state index >= 15 is 0 Å². The zero-order valence-electron chi connectivity index (χ0n) is 12.3. The first-order valence-corrected chi connectivity index (χ1v) is 7.15. The van der Waals surface area contributed by atoms with Crippen molar-refractivity contribution in [2.24, 2.45) is 5.92 Å². The topological polar surface area (TPSA) is 116 Å². The number of hydrogen-bond donors (Lipinski definition) is 3. The normalized spacial score (nSPS) is 20.6. The maximum atomic E-state index is 11.8. The Labute approximate surface area is 132 Å². The first kappa shape index (κ1) is 16.6. The fourth-order valence-electron chi connectivity index (χ4n) is 2.48. The molecule has 1 saturated heterocycles. The number of carboxylic acids is 1. The summed E-state index contributed by atoms with van der Waals surface area (Å²) >= 11 is 0. The summed E-state index contributed by atoms with van der Waals surface area (Å²) in [6.07, 6.45) is -1.76. The number of carbonyl (C=O) groups is 3. The number of alkyl carbamates (subject to hydrolysis) is 1. The van der Waals surface area contributed by atoms with Crippen LogP contribution in [0, 0.1) is 5.92 Å². The monoisotopic (exact) mass is 322 g/mol. The summed E-state index contributed by atoms with van der Waals surface area (Å²) in [4.78, 5) is 35.2. The van der Waals surface area contributed by atoms with Crippen LogP contribution in [0.3, 0.4) is 0 Å². The zero-order valence-corrected chi connectivity index (χ0v) is 12.3. The summed E-state index contributed by atoms with van der Waals surface area (Å²) in [6, 6.07) is 8.22. The third kappa shape index (κ3) is 4.60. The lowest BCUT2D eigenvalue weighted by Crippen LogP contribution is -2.55. The van der Waals surface area contributed by atoms with Crippen LogP contribution in [0.2, 0.25) is 0 Å². The standard InChI is InChI=1S/C15H18N2O6/c18-13(19)11-6-7-17(15(21)22)8-12(11)16-14(20)23-9-10-4-2-1-3-5-10/h1-5,11-12H,6-9H2,(H,16,20)(H,18,19)(H,21,22)/t11-,12-/m0/s1. The van der Waals surface area contributed by atoms with Crippen molar-refractivity contribution in [3.8, 4) is 0 Å². The van der Waals surface area contributed by atoms with Crippen molar-refractivity contribution in [3.63, 3.8) is 0 Å². The highest BCUT2D eigenvalue weighted by Crippen LogP contribution is 2.18. The van der Waals surface area contributed by atoms with Crippen molar-refractivity contribution < 1.29 is 29.3 Å². The highest BCUT2D eigenvalue weighted by molar-refractivity contribution is 5.74. The second-order valence-electron chi connectivity index (χ2n) is 5.27. The Morgan fingerprint density at radius 1 is 1.22 bits per heavy atom. The summed E-state index contributed by atoms with van der Waals surface area (Å²) in [5.74, 6) is -1.90. The number of benzene rings is 1. The summed E-state index contributed by atoms with van der Waals surface area (Å²) in [5.41, 5.74) is 0.799. The van der Waals surface area contributed by atoms with Crippen LogP contribution in [0.4, 0.5) is 9.59 Å². The second kappa shape index (κ2) is 7.48. The number of aliphatic carboxylic acids is 1. The van der Waals surface area contributed by atoms with Gasteiger partial charge in [0.1, 0.15) is 6.61 Å². The van der Waals surface area contributed by atoms with Gasteiger partial charge in [0.15, 0.2) is 0 Å². The SMILES string of the molecule is O=C(N[C@H]1CN(C(=O)O)CC[C@@H]1C(=O)O)OCc1ccccc1. The van der Waals surface area contributed by atoms with Gasteiger partial charge in [0.05, 0.1) is 12.0 Å². The van der Waals surface area contributed by atoms with Crippen LogP contribution in [-0.4, -0.2) is 52.4 Å². The van der Waals surface area contributed by atoms with Crippen LogP contribution >= 0.6 is 0 Å². The molecule has 8 heteroatoms. The lowest BCUT2D eigenvalue weighted by Gasteiger charge is -2.35. The molecule has 0 unspecified atom stereocenters. The van der Waals surface area contributed by atoms with Crippen molar-refractivity contribution >= 4 is 18.2 Å². The number of piperidine rings is 1. The molecule has 2 atom stereocenters. The minimum atomic E-state index is -1.14. The highest BCUT2D eigenvalue weighted by Gasteiger charge is 2.37. The van der Waals surface area contributed by atoms with Gasteiger partial charge in [0, 0.05) is 13.1 Å². The molecule has 1 aliphatic heterocycles. The number of carboxylic acid groups (broad SMARTS) is 2. The van der Waals surface area contributed by atoms with E-state index < -0.39 is 30.1 Å². The third-order valence-electron chi connectivity index (χ3n) is 3.72. The van der Waals surface area contributed by atoms with Crippen molar-refractivity contribution in [2.45, 2.75) is 19.1 Å². The van der Waals surface area contributed by atoms with Crippen LogP contribution in [0.15, 0.2) is 30.3 Å². The molecule has 3 N–H and O–H groups in total. The summed E-state index contributed by atoms with van der Waals surface area (Å²) in [5, 5.41) is 20.7. The summed E-state index contributed by atoms with van der Waals surface area (Å²) in [6.45, 7) is 0.107. The Balaban J connectivity index is 1.92. The number of hydrogen-bond acceptors (Lipinski definition) is 4. The van der Waals surface area contributed by atoms with Gasteiger partial charge in [-0.2, -0.15) is 0 Å². The molecule has 1 aromatic rings. The molecule has 1 fully saturated rings. The average molecular weight is 322 g/mol. The first-order valence-electron chi connectivity index (χ1n) is 7.15. The van der Waals surface area contributed by atoms with Crippen LogP contribution in [0.5, 0.6) is 0 Å². The van der Waals surface area contributed by atoms with E-state index in [2.05, 4.69) is 5.32 Å². The van der Waals surface area contributed by atoms with E-state index in [1.54, 1.807) is 12.1 Å². The minimum absolute atomic E-state index is 0.0553. The molecule has 0 radical (unpaired) electrons. The van der Waals surface area contributed by atoms with E-state index in [1.807, 2.05) is 18.2 Å². The lowest BCUT2D eigenvalue weighted by atomic mass is 9.92. The van der Waals surface area contributed by atoms with Gasteiger partial charge in [-0.15, -0.1) is 0 Å². The third-order valence-corrected chi connectivity index (χ3v) is 3.72. The molecule has 0 aliphatic carbocycles. The Morgan fingerprint density at radius 3 is 2.52 bits per heavy atom. The maximum absolute atomic E-state index is 11.8. The average Bonchev–Trinajstić information content (AvgIpc) is 2.53. The summed E-state index contributed by atoms with van der Waals surface area (Å²) in [7, 11) is 0. The van der Waals surface area contributed by atoms with Gasteiger partial charge in [-0.25, -0.2) is 9.59 Å². The Kier molecular flexibility index (Phi) is 5.40. The quantitative estimate of drug-likeness (QED) is 0.771. The number of carbonyl (C=O) groups excluding carboxylic acids is 1.